The monoisotopic (exact) mass is 191 g/mol. The average molecular weight is 191 g/mol. The molecule has 0 bridgehead atoms. The van der Waals surface area contributed by atoms with Gasteiger partial charge in [-0.3, -0.25) is 4.79 Å². The van der Waals surface area contributed by atoms with Crippen molar-refractivity contribution in [3.8, 4) is 0 Å². The number of carbonyl (C=O) groups excluding carboxylic acids is 1. The molecule has 0 saturated heterocycles. The molecule has 0 atom stereocenters. The van der Waals surface area contributed by atoms with E-state index in [0.29, 0.717) is 0 Å². The Bertz CT molecular complexity index is 360. The predicted octanol–water partition coefficient (Wildman–Crippen LogP) is 1.12. The maximum atomic E-state index is 11.5. The van der Waals surface area contributed by atoms with Crippen LogP contribution in [0.15, 0.2) is 18.2 Å². The van der Waals surface area contributed by atoms with Crippen LogP contribution in [-0.2, 0) is 17.8 Å². The molecule has 0 spiro atoms. The minimum absolute atomic E-state index is 0.0437. The van der Waals surface area contributed by atoms with Crippen LogP contribution in [-0.4, -0.2) is 19.5 Å². The molecule has 14 heavy (non-hydrogen) atoms. The zero-order valence-corrected chi connectivity index (χ0v) is 8.17. The molecular weight excluding hydrogens is 178 g/mol. The standard InChI is InChI=1S/C11H13NO2/c1-14-7-11(13)8-2-3-9-5-12-6-10(9)4-8/h2-4,12H,5-7H2,1H3. The summed E-state index contributed by atoms with van der Waals surface area (Å²) in [6.07, 6.45) is 0. The molecule has 1 aliphatic heterocycles. The van der Waals surface area contributed by atoms with E-state index < -0.39 is 0 Å². The molecule has 1 heterocycles. The number of Topliss-reactive ketones (excluding diaryl/α,β-unsaturated/α-hetero) is 1. The Balaban J connectivity index is 2.24. The lowest BCUT2D eigenvalue weighted by Gasteiger charge is -2.02. The van der Waals surface area contributed by atoms with Gasteiger partial charge in [0, 0.05) is 25.8 Å². The lowest BCUT2D eigenvalue weighted by molar-refractivity contribution is 0.0848. The smallest absolute Gasteiger partial charge is 0.188 e. The fraction of sp³-hybridized carbons (Fsp3) is 0.364. The largest absolute Gasteiger partial charge is 0.377 e. The molecule has 1 aliphatic rings. The maximum absolute atomic E-state index is 11.5. The van der Waals surface area contributed by atoms with Crippen LogP contribution >= 0.6 is 0 Å². The Kier molecular flexibility index (Phi) is 2.61. The summed E-state index contributed by atoms with van der Waals surface area (Å²) >= 11 is 0. The second-order valence-corrected chi connectivity index (χ2v) is 3.44. The van der Waals surface area contributed by atoms with E-state index in [1.54, 1.807) is 0 Å². The van der Waals surface area contributed by atoms with Crippen molar-refractivity contribution in [2.24, 2.45) is 0 Å². The summed E-state index contributed by atoms with van der Waals surface area (Å²) < 4.78 is 4.81. The van der Waals surface area contributed by atoms with Crippen molar-refractivity contribution in [3.63, 3.8) is 0 Å². The van der Waals surface area contributed by atoms with E-state index in [2.05, 4.69) is 5.32 Å². The first-order valence-electron chi connectivity index (χ1n) is 4.66. The summed E-state index contributed by atoms with van der Waals surface area (Å²) in [6, 6.07) is 5.84. The number of carbonyl (C=O) groups is 1. The van der Waals surface area contributed by atoms with Gasteiger partial charge in [-0.1, -0.05) is 12.1 Å². The molecule has 1 aromatic rings. The summed E-state index contributed by atoms with van der Waals surface area (Å²) in [4.78, 5) is 11.5. The van der Waals surface area contributed by atoms with Gasteiger partial charge in [-0.25, -0.2) is 0 Å². The molecular formula is C11H13NO2. The normalized spacial score (nSPS) is 14.1. The van der Waals surface area contributed by atoms with Crippen molar-refractivity contribution in [1.29, 1.82) is 0 Å². The second kappa shape index (κ2) is 3.90. The average Bonchev–Trinajstić information content (AvgIpc) is 2.64. The van der Waals surface area contributed by atoms with Gasteiger partial charge in [0.15, 0.2) is 5.78 Å². The van der Waals surface area contributed by atoms with E-state index in [0.717, 1.165) is 18.7 Å². The topological polar surface area (TPSA) is 38.3 Å². The highest BCUT2D eigenvalue weighted by molar-refractivity contribution is 5.97. The summed E-state index contributed by atoms with van der Waals surface area (Å²) in [5, 5.41) is 3.24. The van der Waals surface area contributed by atoms with E-state index in [-0.39, 0.29) is 12.4 Å². The molecule has 3 nitrogen and oxygen atoms in total. The van der Waals surface area contributed by atoms with Gasteiger partial charge in [0.25, 0.3) is 0 Å². The highest BCUT2D eigenvalue weighted by Crippen LogP contribution is 2.17. The number of benzene rings is 1. The van der Waals surface area contributed by atoms with Gasteiger partial charge in [0.1, 0.15) is 6.61 Å². The van der Waals surface area contributed by atoms with Gasteiger partial charge in [-0.15, -0.1) is 0 Å². The highest BCUT2D eigenvalue weighted by atomic mass is 16.5. The molecule has 0 aromatic heterocycles. The molecule has 74 valence electrons. The van der Waals surface area contributed by atoms with E-state index in [1.165, 1.54) is 18.2 Å². The number of nitrogens with one attached hydrogen (secondary N) is 1. The Hall–Kier alpha value is -1.19. The van der Waals surface area contributed by atoms with Crippen LogP contribution in [0.5, 0.6) is 0 Å². The SMILES string of the molecule is COCC(=O)c1ccc2c(c1)CNC2. The van der Waals surface area contributed by atoms with E-state index in [1.807, 2.05) is 18.2 Å². The Morgan fingerprint density at radius 2 is 2.21 bits per heavy atom. The lowest BCUT2D eigenvalue weighted by atomic mass is 10.0. The van der Waals surface area contributed by atoms with E-state index in [4.69, 9.17) is 4.74 Å². The van der Waals surface area contributed by atoms with Crippen molar-refractivity contribution in [2.75, 3.05) is 13.7 Å². The number of rotatable bonds is 3. The van der Waals surface area contributed by atoms with Crippen molar-refractivity contribution < 1.29 is 9.53 Å². The summed E-state index contributed by atoms with van der Waals surface area (Å²) in [5.41, 5.74) is 3.26. The van der Waals surface area contributed by atoms with Crippen molar-refractivity contribution in [1.82, 2.24) is 5.32 Å². The molecule has 0 fully saturated rings. The minimum Gasteiger partial charge on any atom is -0.377 e. The first-order chi connectivity index (χ1) is 6.81. The van der Waals surface area contributed by atoms with Gasteiger partial charge in [0.05, 0.1) is 0 Å². The number of fused-ring (bicyclic) bond motifs is 1. The maximum Gasteiger partial charge on any atom is 0.188 e. The van der Waals surface area contributed by atoms with Crippen LogP contribution in [0.25, 0.3) is 0 Å². The summed E-state index contributed by atoms with van der Waals surface area (Å²) in [7, 11) is 1.53. The number of hydrogen-bond acceptors (Lipinski definition) is 3. The van der Waals surface area contributed by atoms with Gasteiger partial charge in [-0.05, 0) is 17.2 Å². The third-order valence-corrected chi connectivity index (χ3v) is 2.43. The molecule has 0 radical (unpaired) electrons. The molecule has 0 unspecified atom stereocenters. The molecule has 0 aliphatic carbocycles. The number of ether oxygens (including phenoxy) is 1. The van der Waals surface area contributed by atoms with Gasteiger partial charge >= 0.3 is 0 Å². The van der Waals surface area contributed by atoms with E-state index in [9.17, 15) is 4.79 Å². The quantitative estimate of drug-likeness (QED) is 0.727. The second-order valence-electron chi connectivity index (χ2n) is 3.44. The number of hydrogen-bond donors (Lipinski definition) is 1. The van der Waals surface area contributed by atoms with E-state index >= 15 is 0 Å². The van der Waals surface area contributed by atoms with Crippen LogP contribution in [0, 0.1) is 0 Å². The van der Waals surface area contributed by atoms with Gasteiger partial charge in [0.2, 0.25) is 0 Å². The fourth-order valence-corrected chi connectivity index (χ4v) is 1.68. The summed E-state index contributed by atoms with van der Waals surface area (Å²) in [5.74, 6) is 0.0437. The molecule has 2 rings (SSSR count). The van der Waals surface area contributed by atoms with Crippen molar-refractivity contribution >= 4 is 5.78 Å². The first kappa shape index (κ1) is 9.37. The highest BCUT2D eigenvalue weighted by Gasteiger charge is 2.12. The molecule has 1 N–H and O–H groups in total. The van der Waals surface area contributed by atoms with Crippen LogP contribution in [0.1, 0.15) is 21.5 Å². The van der Waals surface area contributed by atoms with Crippen LogP contribution in [0.3, 0.4) is 0 Å². The number of ketones is 1. The Morgan fingerprint density at radius 3 is 3.00 bits per heavy atom. The predicted molar refractivity (Wildman–Crippen MR) is 53.2 cm³/mol. The summed E-state index contributed by atoms with van der Waals surface area (Å²) in [6.45, 7) is 1.93. The minimum atomic E-state index is 0.0437. The third kappa shape index (κ3) is 1.69. The van der Waals surface area contributed by atoms with Crippen molar-refractivity contribution in [3.05, 3.63) is 34.9 Å². The fourth-order valence-electron chi connectivity index (χ4n) is 1.68. The lowest BCUT2D eigenvalue weighted by Crippen LogP contribution is -2.07. The zero-order valence-electron chi connectivity index (χ0n) is 8.17. The molecule has 0 amide bonds. The van der Waals surface area contributed by atoms with Gasteiger partial charge < -0.3 is 10.1 Å². The third-order valence-electron chi connectivity index (χ3n) is 2.43. The molecule has 0 saturated carbocycles. The zero-order chi connectivity index (χ0) is 9.97. The first-order valence-corrected chi connectivity index (χ1v) is 4.66. The van der Waals surface area contributed by atoms with Crippen LogP contribution in [0.4, 0.5) is 0 Å². The van der Waals surface area contributed by atoms with Crippen LogP contribution in [0.2, 0.25) is 0 Å². The Morgan fingerprint density at radius 1 is 1.43 bits per heavy atom. The van der Waals surface area contributed by atoms with Crippen molar-refractivity contribution in [2.45, 2.75) is 13.1 Å². The van der Waals surface area contributed by atoms with Gasteiger partial charge in [-0.2, -0.15) is 0 Å². The molecule has 1 aromatic carbocycles. The molecule has 3 heteroatoms. The Labute approximate surface area is 83.1 Å². The number of methoxy groups -OCH3 is 1. The van der Waals surface area contributed by atoms with Crippen LogP contribution < -0.4 is 5.32 Å².